The van der Waals surface area contributed by atoms with E-state index in [2.05, 4.69) is 24.2 Å². The lowest BCUT2D eigenvalue weighted by Gasteiger charge is -2.37. The third kappa shape index (κ3) is 3.76. The molecule has 0 heterocycles. The van der Waals surface area contributed by atoms with Crippen molar-refractivity contribution in [3.63, 3.8) is 0 Å². The standard InChI is InChI=1S/C12H25N3O/c1-3-15(10(2)9-12(16)14-13)11-7-5-4-6-8-11/h10-11H,3-9,13H2,1-2H3,(H,14,16). The number of amides is 1. The molecule has 1 aliphatic rings. The second-order valence-corrected chi connectivity index (χ2v) is 4.74. The van der Waals surface area contributed by atoms with Crippen LogP contribution in [0.3, 0.4) is 0 Å². The molecule has 1 atom stereocenters. The van der Waals surface area contributed by atoms with Crippen LogP contribution in [0.5, 0.6) is 0 Å². The lowest BCUT2D eigenvalue weighted by molar-refractivity contribution is -0.122. The molecule has 0 radical (unpaired) electrons. The van der Waals surface area contributed by atoms with E-state index >= 15 is 0 Å². The molecule has 0 saturated heterocycles. The highest BCUT2D eigenvalue weighted by molar-refractivity contribution is 5.75. The molecule has 0 spiro atoms. The average Bonchev–Trinajstić information content (AvgIpc) is 2.31. The number of nitrogens with two attached hydrogens (primary N) is 1. The summed E-state index contributed by atoms with van der Waals surface area (Å²) >= 11 is 0. The van der Waals surface area contributed by atoms with Crippen LogP contribution in [0.15, 0.2) is 0 Å². The Balaban J connectivity index is 2.47. The molecular formula is C12H25N3O. The van der Waals surface area contributed by atoms with Gasteiger partial charge < -0.3 is 0 Å². The maximum absolute atomic E-state index is 11.3. The number of hydrazine groups is 1. The Labute approximate surface area is 98.5 Å². The quantitative estimate of drug-likeness (QED) is 0.424. The van der Waals surface area contributed by atoms with Crippen LogP contribution in [0.25, 0.3) is 0 Å². The molecule has 0 aromatic carbocycles. The van der Waals surface area contributed by atoms with Crippen molar-refractivity contribution in [2.45, 2.75) is 64.5 Å². The fourth-order valence-electron chi connectivity index (χ4n) is 2.79. The Morgan fingerprint density at radius 3 is 2.56 bits per heavy atom. The van der Waals surface area contributed by atoms with Crippen LogP contribution >= 0.6 is 0 Å². The van der Waals surface area contributed by atoms with Crippen molar-refractivity contribution in [2.24, 2.45) is 5.84 Å². The van der Waals surface area contributed by atoms with E-state index in [-0.39, 0.29) is 11.9 Å². The van der Waals surface area contributed by atoms with Gasteiger partial charge in [-0.2, -0.15) is 0 Å². The molecule has 4 heteroatoms. The van der Waals surface area contributed by atoms with E-state index in [1.54, 1.807) is 0 Å². The van der Waals surface area contributed by atoms with Crippen molar-refractivity contribution in [1.29, 1.82) is 0 Å². The lowest BCUT2D eigenvalue weighted by atomic mass is 9.93. The number of nitrogens with one attached hydrogen (secondary N) is 1. The molecule has 1 unspecified atom stereocenters. The Morgan fingerprint density at radius 2 is 2.06 bits per heavy atom. The zero-order valence-electron chi connectivity index (χ0n) is 10.5. The molecule has 0 aliphatic heterocycles. The molecule has 16 heavy (non-hydrogen) atoms. The predicted molar refractivity (Wildman–Crippen MR) is 65.7 cm³/mol. The molecule has 0 aromatic heterocycles. The molecule has 1 aliphatic carbocycles. The second kappa shape index (κ2) is 6.86. The largest absolute Gasteiger partial charge is 0.297 e. The SMILES string of the molecule is CCN(C(C)CC(=O)NN)C1CCCCC1. The highest BCUT2D eigenvalue weighted by Crippen LogP contribution is 2.24. The van der Waals surface area contributed by atoms with Crippen molar-refractivity contribution in [3.8, 4) is 0 Å². The lowest BCUT2D eigenvalue weighted by Crippen LogP contribution is -2.45. The van der Waals surface area contributed by atoms with Gasteiger partial charge in [0.2, 0.25) is 5.91 Å². The predicted octanol–water partition coefficient (Wildman–Crippen LogP) is 1.41. The van der Waals surface area contributed by atoms with E-state index in [4.69, 9.17) is 5.84 Å². The van der Waals surface area contributed by atoms with E-state index in [1.165, 1.54) is 32.1 Å². The van der Waals surface area contributed by atoms with E-state index in [0.717, 1.165) is 6.54 Å². The molecule has 1 saturated carbocycles. The maximum Gasteiger partial charge on any atom is 0.235 e. The van der Waals surface area contributed by atoms with Gasteiger partial charge in [-0.05, 0) is 26.3 Å². The number of nitrogens with zero attached hydrogens (tertiary/aromatic N) is 1. The van der Waals surface area contributed by atoms with Gasteiger partial charge in [-0.1, -0.05) is 26.2 Å². The van der Waals surface area contributed by atoms with Crippen molar-refractivity contribution in [2.75, 3.05) is 6.54 Å². The van der Waals surface area contributed by atoms with Gasteiger partial charge in [-0.3, -0.25) is 15.1 Å². The zero-order valence-corrected chi connectivity index (χ0v) is 10.5. The molecule has 0 aromatic rings. The summed E-state index contributed by atoms with van der Waals surface area (Å²) in [6.45, 7) is 5.31. The number of hydrogen-bond donors (Lipinski definition) is 2. The number of carbonyl (C=O) groups excluding carboxylic acids is 1. The van der Waals surface area contributed by atoms with Crippen molar-refractivity contribution >= 4 is 5.91 Å². The van der Waals surface area contributed by atoms with Crippen LogP contribution < -0.4 is 11.3 Å². The van der Waals surface area contributed by atoms with Crippen LogP contribution in [0.1, 0.15) is 52.4 Å². The highest BCUT2D eigenvalue weighted by Gasteiger charge is 2.24. The Morgan fingerprint density at radius 1 is 1.44 bits per heavy atom. The Hall–Kier alpha value is -0.610. The molecule has 1 rings (SSSR count). The molecule has 3 N–H and O–H groups in total. The summed E-state index contributed by atoms with van der Waals surface area (Å²) in [5.41, 5.74) is 2.21. The fraction of sp³-hybridized carbons (Fsp3) is 0.917. The van der Waals surface area contributed by atoms with E-state index < -0.39 is 0 Å². The molecule has 94 valence electrons. The van der Waals surface area contributed by atoms with Crippen molar-refractivity contribution < 1.29 is 4.79 Å². The summed E-state index contributed by atoms with van der Waals surface area (Å²) in [7, 11) is 0. The maximum atomic E-state index is 11.3. The molecule has 0 bridgehead atoms. The van der Waals surface area contributed by atoms with Gasteiger partial charge in [-0.15, -0.1) is 0 Å². The van der Waals surface area contributed by atoms with Gasteiger partial charge in [0.25, 0.3) is 0 Å². The zero-order chi connectivity index (χ0) is 12.0. The first-order chi connectivity index (χ1) is 7.69. The average molecular weight is 227 g/mol. The minimum Gasteiger partial charge on any atom is -0.297 e. The molecular weight excluding hydrogens is 202 g/mol. The Bertz CT molecular complexity index is 214. The van der Waals surface area contributed by atoms with Crippen molar-refractivity contribution in [3.05, 3.63) is 0 Å². The monoisotopic (exact) mass is 227 g/mol. The van der Waals surface area contributed by atoms with Gasteiger partial charge in [0.15, 0.2) is 0 Å². The number of rotatable bonds is 5. The summed E-state index contributed by atoms with van der Waals surface area (Å²) < 4.78 is 0. The van der Waals surface area contributed by atoms with Gasteiger partial charge in [-0.25, -0.2) is 5.84 Å². The minimum absolute atomic E-state index is 0.0678. The third-order valence-electron chi connectivity index (χ3n) is 3.62. The topological polar surface area (TPSA) is 58.4 Å². The van der Waals surface area contributed by atoms with Crippen LogP contribution in [-0.4, -0.2) is 29.4 Å². The van der Waals surface area contributed by atoms with Crippen LogP contribution in [0, 0.1) is 0 Å². The smallest absolute Gasteiger partial charge is 0.235 e. The third-order valence-corrected chi connectivity index (χ3v) is 3.62. The molecule has 1 amide bonds. The van der Waals surface area contributed by atoms with Gasteiger partial charge in [0.1, 0.15) is 0 Å². The number of carbonyl (C=O) groups is 1. The summed E-state index contributed by atoms with van der Waals surface area (Å²) in [5.74, 6) is 5.05. The van der Waals surface area contributed by atoms with E-state index in [1.807, 2.05) is 0 Å². The Kier molecular flexibility index (Phi) is 5.77. The minimum atomic E-state index is -0.0678. The number of hydrogen-bond acceptors (Lipinski definition) is 3. The summed E-state index contributed by atoms with van der Waals surface area (Å²) in [5, 5.41) is 0. The fourth-order valence-corrected chi connectivity index (χ4v) is 2.79. The molecule has 4 nitrogen and oxygen atoms in total. The highest BCUT2D eigenvalue weighted by atomic mass is 16.2. The first kappa shape index (κ1) is 13.5. The normalized spacial score (nSPS) is 19.8. The summed E-state index contributed by atoms with van der Waals surface area (Å²) in [4.78, 5) is 13.7. The van der Waals surface area contributed by atoms with Gasteiger partial charge >= 0.3 is 0 Å². The van der Waals surface area contributed by atoms with Gasteiger partial charge in [0.05, 0.1) is 0 Å². The first-order valence-electron chi connectivity index (χ1n) is 6.44. The van der Waals surface area contributed by atoms with Crippen LogP contribution in [-0.2, 0) is 4.79 Å². The van der Waals surface area contributed by atoms with Crippen LogP contribution in [0.4, 0.5) is 0 Å². The summed E-state index contributed by atoms with van der Waals surface area (Å²) in [6.07, 6.45) is 7.09. The van der Waals surface area contributed by atoms with Crippen molar-refractivity contribution in [1.82, 2.24) is 10.3 Å². The molecule has 1 fully saturated rings. The first-order valence-corrected chi connectivity index (χ1v) is 6.44. The van der Waals surface area contributed by atoms with Crippen LogP contribution in [0.2, 0.25) is 0 Å². The van der Waals surface area contributed by atoms with E-state index in [9.17, 15) is 4.79 Å². The summed E-state index contributed by atoms with van der Waals surface area (Å²) in [6, 6.07) is 0.955. The second-order valence-electron chi connectivity index (χ2n) is 4.74. The van der Waals surface area contributed by atoms with E-state index in [0.29, 0.717) is 12.5 Å². The van der Waals surface area contributed by atoms with Gasteiger partial charge in [0, 0.05) is 18.5 Å².